The number of anilines is 1. The van der Waals surface area contributed by atoms with Crippen LogP contribution in [-0.2, 0) is 4.79 Å². The number of hydrogen-bond donors (Lipinski definition) is 2. The number of carbonyl (C=O) groups is 1. The van der Waals surface area contributed by atoms with Gasteiger partial charge >= 0.3 is 0 Å². The van der Waals surface area contributed by atoms with Gasteiger partial charge in [0.1, 0.15) is 13.2 Å². The van der Waals surface area contributed by atoms with Crippen LogP contribution in [0, 0.1) is 5.92 Å². The number of amides is 1. The molecule has 3 rings (SSSR count). The Bertz CT molecular complexity index is 500. The van der Waals surface area contributed by atoms with Gasteiger partial charge in [-0.05, 0) is 31.0 Å². The Morgan fingerprint density at radius 1 is 1.19 bits per heavy atom. The van der Waals surface area contributed by atoms with Gasteiger partial charge in [-0.1, -0.05) is 19.3 Å². The summed E-state index contributed by atoms with van der Waals surface area (Å²) in [6.07, 6.45) is 5.25. The number of fused-ring (bicyclic) bond motifs is 1. The lowest BCUT2D eigenvalue weighted by Gasteiger charge is -2.25. The standard InChI is InChI=1S/C16H22N2O3/c19-16(11-17-7-6-12-2-1-3-12)18-13-4-5-14-15(10-13)21-9-8-20-14/h4-5,10,12,17H,1-3,6-9,11H2,(H,18,19). The first kappa shape index (κ1) is 14.2. The molecule has 5 nitrogen and oxygen atoms in total. The predicted molar refractivity (Wildman–Crippen MR) is 80.9 cm³/mol. The van der Waals surface area contributed by atoms with Crippen LogP contribution in [0.3, 0.4) is 0 Å². The Labute approximate surface area is 125 Å². The van der Waals surface area contributed by atoms with Crippen LogP contribution in [0.15, 0.2) is 18.2 Å². The van der Waals surface area contributed by atoms with E-state index in [1.807, 2.05) is 12.1 Å². The van der Waals surface area contributed by atoms with Crippen LogP contribution in [0.4, 0.5) is 5.69 Å². The van der Waals surface area contributed by atoms with Gasteiger partial charge < -0.3 is 20.1 Å². The van der Waals surface area contributed by atoms with Crippen molar-refractivity contribution < 1.29 is 14.3 Å². The molecular formula is C16H22N2O3. The second kappa shape index (κ2) is 6.80. The van der Waals surface area contributed by atoms with E-state index in [2.05, 4.69) is 10.6 Å². The molecule has 1 aromatic carbocycles. The van der Waals surface area contributed by atoms with Gasteiger partial charge in [-0.3, -0.25) is 4.79 Å². The third-order valence-corrected chi connectivity index (χ3v) is 4.07. The second-order valence-electron chi connectivity index (χ2n) is 5.67. The zero-order chi connectivity index (χ0) is 14.5. The highest BCUT2D eigenvalue weighted by atomic mass is 16.6. The Balaban J connectivity index is 1.41. The van der Waals surface area contributed by atoms with E-state index in [1.54, 1.807) is 6.07 Å². The van der Waals surface area contributed by atoms with Crippen LogP contribution < -0.4 is 20.1 Å². The smallest absolute Gasteiger partial charge is 0.238 e. The number of benzene rings is 1. The van der Waals surface area contributed by atoms with Crippen molar-refractivity contribution in [3.8, 4) is 11.5 Å². The predicted octanol–water partition coefficient (Wildman–Crippen LogP) is 2.18. The molecule has 21 heavy (non-hydrogen) atoms. The molecule has 1 fully saturated rings. The summed E-state index contributed by atoms with van der Waals surface area (Å²) >= 11 is 0. The Morgan fingerprint density at radius 3 is 2.76 bits per heavy atom. The van der Waals surface area contributed by atoms with Crippen LogP contribution in [0.2, 0.25) is 0 Å². The molecule has 1 aromatic rings. The SMILES string of the molecule is O=C(CNCCC1CCC1)Nc1ccc2c(c1)OCCO2. The number of ether oxygens (including phenoxy) is 2. The molecule has 1 aliphatic carbocycles. The minimum Gasteiger partial charge on any atom is -0.486 e. The molecule has 114 valence electrons. The molecule has 1 amide bonds. The van der Waals surface area contributed by atoms with E-state index >= 15 is 0 Å². The van der Waals surface area contributed by atoms with E-state index < -0.39 is 0 Å². The first-order valence-corrected chi connectivity index (χ1v) is 7.71. The molecule has 0 atom stereocenters. The lowest BCUT2D eigenvalue weighted by atomic mass is 9.83. The van der Waals surface area contributed by atoms with E-state index in [9.17, 15) is 4.79 Å². The van der Waals surface area contributed by atoms with E-state index in [4.69, 9.17) is 9.47 Å². The minimum atomic E-state index is -0.0275. The highest BCUT2D eigenvalue weighted by Crippen LogP contribution is 2.32. The number of carbonyl (C=O) groups excluding carboxylic acids is 1. The van der Waals surface area contributed by atoms with Gasteiger partial charge in [0, 0.05) is 11.8 Å². The minimum absolute atomic E-state index is 0.0275. The van der Waals surface area contributed by atoms with Crippen LogP contribution in [0.5, 0.6) is 11.5 Å². The molecule has 2 aliphatic rings. The molecule has 0 aromatic heterocycles. The van der Waals surface area contributed by atoms with Crippen molar-refractivity contribution in [2.24, 2.45) is 5.92 Å². The van der Waals surface area contributed by atoms with Gasteiger partial charge in [-0.2, -0.15) is 0 Å². The molecule has 0 unspecified atom stereocenters. The van der Waals surface area contributed by atoms with Gasteiger partial charge in [-0.15, -0.1) is 0 Å². The van der Waals surface area contributed by atoms with E-state index in [-0.39, 0.29) is 5.91 Å². The van der Waals surface area contributed by atoms with Crippen molar-refractivity contribution in [3.05, 3.63) is 18.2 Å². The van der Waals surface area contributed by atoms with Crippen LogP contribution in [0.25, 0.3) is 0 Å². The summed E-state index contributed by atoms with van der Waals surface area (Å²) in [5.41, 5.74) is 0.741. The van der Waals surface area contributed by atoms with Crippen LogP contribution in [0.1, 0.15) is 25.7 Å². The second-order valence-corrected chi connectivity index (χ2v) is 5.67. The fraction of sp³-hybridized carbons (Fsp3) is 0.562. The normalized spacial score (nSPS) is 17.1. The summed E-state index contributed by atoms with van der Waals surface area (Å²) in [7, 11) is 0. The van der Waals surface area contributed by atoms with Crippen molar-refractivity contribution in [2.75, 3.05) is 31.6 Å². The highest BCUT2D eigenvalue weighted by Gasteiger charge is 2.16. The zero-order valence-electron chi connectivity index (χ0n) is 12.2. The Morgan fingerprint density at radius 2 is 2.00 bits per heavy atom. The Kier molecular flexibility index (Phi) is 4.60. The number of nitrogens with one attached hydrogen (secondary N) is 2. The molecule has 0 spiro atoms. The third-order valence-electron chi connectivity index (χ3n) is 4.07. The van der Waals surface area contributed by atoms with E-state index in [0.29, 0.717) is 25.5 Å². The zero-order valence-corrected chi connectivity index (χ0v) is 12.2. The molecule has 1 heterocycles. The van der Waals surface area contributed by atoms with Gasteiger partial charge in [0.2, 0.25) is 5.91 Å². The molecule has 1 saturated carbocycles. The fourth-order valence-electron chi connectivity index (χ4n) is 2.62. The average molecular weight is 290 g/mol. The quantitative estimate of drug-likeness (QED) is 0.788. The van der Waals surface area contributed by atoms with E-state index in [0.717, 1.165) is 23.9 Å². The lowest BCUT2D eigenvalue weighted by Crippen LogP contribution is -2.30. The van der Waals surface area contributed by atoms with Gasteiger partial charge in [0.25, 0.3) is 0 Å². The summed E-state index contributed by atoms with van der Waals surface area (Å²) < 4.78 is 10.9. The molecule has 0 saturated heterocycles. The fourth-order valence-corrected chi connectivity index (χ4v) is 2.62. The summed E-state index contributed by atoms with van der Waals surface area (Å²) in [5, 5.41) is 6.07. The summed E-state index contributed by atoms with van der Waals surface area (Å²) in [4.78, 5) is 11.9. The maximum absolute atomic E-state index is 11.9. The van der Waals surface area contributed by atoms with E-state index in [1.165, 1.54) is 25.7 Å². The molecule has 0 bridgehead atoms. The maximum atomic E-state index is 11.9. The van der Waals surface area contributed by atoms with Crippen molar-refractivity contribution >= 4 is 11.6 Å². The number of rotatable bonds is 6. The van der Waals surface area contributed by atoms with Crippen molar-refractivity contribution in [2.45, 2.75) is 25.7 Å². The van der Waals surface area contributed by atoms with Crippen LogP contribution in [-0.4, -0.2) is 32.2 Å². The first-order valence-electron chi connectivity index (χ1n) is 7.71. The monoisotopic (exact) mass is 290 g/mol. The van der Waals surface area contributed by atoms with Crippen molar-refractivity contribution in [1.82, 2.24) is 5.32 Å². The van der Waals surface area contributed by atoms with Crippen molar-refractivity contribution in [3.63, 3.8) is 0 Å². The lowest BCUT2D eigenvalue weighted by molar-refractivity contribution is -0.115. The maximum Gasteiger partial charge on any atom is 0.238 e. The first-order chi connectivity index (χ1) is 10.3. The van der Waals surface area contributed by atoms with Crippen molar-refractivity contribution in [1.29, 1.82) is 0 Å². The highest BCUT2D eigenvalue weighted by molar-refractivity contribution is 5.92. The Hall–Kier alpha value is -1.75. The molecule has 1 aliphatic heterocycles. The average Bonchev–Trinajstić information content (AvgIpc) is 2.45. The van der Waals surface area contributed by atoms with Crippen LogP contribution >= 0.6 is 0 Å². The summed E-state index contributed by atoms with van der Waals surface area (Å²) in [5.74, 6) is 2.27. The van der Waals surface area contributed by atoms with Gasteiger partial charge in [0.05, 0.1) is 6.54 Å². The largest absolute Gasteiger partial charge is 0.486 e. The molecule has 0 radical (unpaired) electrons. The number of hydrogen-bond acceptors (Lipinski definition) is 4. The van der Waals surface area contributed by atoms with Gasteiger partial charge in [0.15, 0.2) is 11.5 Å². The molecule has 5 heteroatoms. The van der Waals surface area contributed by atoms with Gasteiger partial charge in [-0.25, -0.2) is 0 Å². The molecular weight excluding hydrogens is 268 g/mol. The molecule has 2 N–H and O–H groups in total. The third kappa shape index (κ3) is 3.88. The summed E-state index contributed by atoms with van der Waals surface area (Å²) in [6.45, 7) is 2.39. The summed E-state index contributed by atoms with van der Waals surface area (Å²) in [6, 6.07) is 5.47. The topological polar surface area (TPSA) is 59.6 Å².